The zero-order valence-electron chi connectivity index (χ0n) is 22.8. The highest BCUT2D eigenvalue weighted by atomic mass is 19.1. The van der Waals surface area contributed by atoms with Gasteiger partial charge in [-0.1, -0.05) is 23.8 Å². The number of nitrogens with one attached hydrogen (secondary N) is 1. The van der Waals surface area contributed by atoms with Crippen molar-refractivity contribution in [1.82, 2.24) is 15.1 Å². The second-order valence-electron chi connectivity index (χ2n) is 12.1. The molecule has 40 heavy (non-hydrogen) atoms. The number of carbonyl (C=O) groups is 2. The number of halogens is 1. The quantitative estimate of drug-likeness (QED) is 0.367. The van der Waals surface area contributed by atoms with E-state index in [4.69, 9.17) is 0 Å². The fourth-order valence-electron chi connectivity index (χ4n) is 6.92. The van der Waals surface area contributed by atoms with Gasteiger partial charge >= 0.3 is 5.97 Å². The van der Waals surface area contributed by atoms with Crippen LogP contribution in [0.15, 0.2) is 60.3 Å². The molecule has 2 atom stereocenters. The highest BCUT2D eigenvalue weighted by molar-refractivity contribution is 5.98. The van der Waals surface area contributed by atoms with Gasteiger partial charge in [-0.15, -0.1) is 0 Å². The van der Waals surface area contributed by atoms with Gasteiger partial charge in [-0.05, 0) is 112 Å². The molecule has 3 aliphatic rings. The van der Waals surface area contributed by atoms with Crippen LogP contribution in [0.5, 0.6) is 0 Å². The number of aromatic nitrogens is 2. The number of amides is 1. The summed E-state index contributed by atoms with van der Waals surface area (Å²) < 4.78 is 15.4. The first-order chi connectivity index (χ1) is 19.0. The number of aryl methyl sites for hydroxylation is 1. The molecular weight excluding hydrogens is 509 g/mol. The molecule has 0 spiro atoms. The summed E-state index contributed by atoms with van der Waals surface area (Å²) in [6.07, 6.45) is 9.34. The van der Waals surface area contributed by atoms with Gasteiger partial charge in [0.2, 0.25) is 0 Å². The lowest BCUT2D eigenvalue weighted by molar-refractivity contribution is -0.143. The van der Waals surface area contributed by atoms with Crippen LogP contribution in [0, 0.1) is 17.2 Å². The minimum absolute atomic E-state index is 0.290. The monoisotopic (exact) mass is 543 g/mol. The molecule has 1 amide bonds. The predicted molar refractivity (Wildman–Crippen MR) is 148 cm³/mol. The molecule has 2 aromatic carbocycles. The van der Waals surface area contributed by atoms with Gasteiger partial charge in [0.05, 0.1) is 23.2 Å². The molecule has 0 bridgehead atoms. The minimum atomic E-state index is -1.40. The van der Waals surface area contributed by atoms with Gasteiger partial charge in [-0.2, -0.15) is 5.10 Å². The maximum atomic E-state index is 13.5. The van der Waals surface area contributed by atoms with Gasteiger partial charge in [-0.25, -0.2) is 13.9 Å². The maximum Gasteiger partial charge on any atom is 0.328 e. The van der Waals surface area contributed by atoms with Crippen LogP contribution >= 0.6 is 0 Å². The highest BCUT2D eigenvalue weighted by Crippen LogP contribution is 2.66. The van der Waals surface area contributed by atoms with Crippen molar-refractivity contribution in [2.75, 3.05) is 0 Å². The Balaban J connectivity index is 1.28. The second kappa shape index (κ2) is 9.41. The number of benzene rings is 2. The minimum Gasteiger partial charge on any atom is -0.480 e. The number of fused-ring (bicyclic) bond motifs is 2. The predicted octanol–water partition coefficient (Wildman–Crippen LogP) is 5.10. The summed E-state index contributed by atoms with van der Waals surface area (Å²) in [5.74, 6) is -1.44. The lowest BCUT2D eigenvalue weighted by atomic mass is 9.61. The number of nitrogens with zero attached hydrogens (tertiary/aromatic N) is 2. The molecule has 6 rings (SSSR count). The van der Waals surface area contributed by atoms with Crippen molar-refractivity contribution in [3.05, 3.63) is 88.5 Å². The number of rotatable bonds is 8. The summed E-state index contributed by atoms with van der Waals surface area (Å²) in [7, 11) is 0. The van der Waals surface area contributed by atoms with E-state index < -0.39 is 23.0 Å². The van der Waals surface area contributed by atoms with Crippen LogP contribution in [0.1, 0.15) is 73.1 Å². The van der Waals surface area contributed by atoms with Crippen LogP contribution in [-0.2, 0) is 17.6 Å². The first-order valence-electron chi connectivity index (χ1n) is 13.9. The Morgan fingerprint density at radius 2 is 1.88 bits per heavy atom. The molecule has 0 unspecified atom stereocenters. The van der Waals surface area contributed by atoms with Crippen LogP contribution in [0.25, 0.3) is 11.8 Å². The van der Waals surface area contributed by atoms with Crippen LogP contribution in [0.2, 0.25) is 0 Å². The Morgan fingerprint density at radius 3 is 2.58 bits per heavy atom. The number of carbonyl (C=O) groups excluding carboxylic acids is 1. The van der Waals surface area contributed by atoms with E-state index in [-0.39, 0.29) is 11.2 Å². The van der Waals surface area contributed by atoms with E-state index in [1.807, 2.05) is 23.0 Å². The van der Waals surface area contributed by atoms with E-state index >= 15 is 0 Å². The van der Waals surface area contributed by atoms with E-state index in [1.165, 1.54) is 31.6 Å². The van der Waals surface area contributed by atoms with E-state index in [9.17, 15) is 24.2 Å². The molecule has 1 aromatic heterocycles. The third kappa shape index (κ3) is 4.25. The molecule has 3 N–H and O–H groups in total. The molecule has 8 heteroatoms. The lowest BCUT2D eigenvalue weighted by Gasteiger charge is -2.46. The van der Waals surface area contributed by atoms with Gasteiger partial charge < -0.3 is 15.5 Å². The zero-order chi connectivity index (χ0) is 28.3. The molecule has 2 fully saturated rings. The third-order valence-electron chi connectivity index (χ3n) is 9.25. The van der Waals surface area contributed by atoms with Gasteiger partial charge in [0.15, 0.2) is 0 Å². The van der Waals surface area contributed by atoms with Crippen molar-refractivity contribution in [3.8, 4) is 5.69 Å². The summed E-state index contributed by atoms with van der Waals surface area (Å²) in [6.45, 7) is 2.92. The van der Waals surface area contributed by atoms with Crippen molar-refractivity contribution < 1.29 is 24.2 Å². The largest absolute Gasteiger partial charge is 0.480 e. The van der Waals surface area contributed by atoms with Crippen LogP contribution in [-0.4, -0.2) is 43.0 Å². The summed E-state index contributed by atoms with van der Waals surface area (Å²) in [5, 5.41) is 29.1. The lowest BCUT2D eigenvalue weighted by Crippen LogP contribution is -2.50. The Bertz CT molecular complexity index is 1520. The van der Waals surface area contributed by atoms with Crippen molar-refractivity contribution in [2.24, 2.45) is 11.3 Å². The second-order valence-corrected chi connectivity index (χ2v) is 12.1. The molecule has 0 radical (unpaired) electrons. The summed E-state index contributed by atoms with van der Waals surface area (Å²) in [5.41, 5.74) is 2.62. The first-order valence-corrected chi connectivity index (χ1v) is 13.9. The number of aliphatic carboxylic acids is 1. The van der Waals surface area contributed by atoms with E-state index in [0.29, 0.717) is 37.2 Å². The SMILES string of the molecule is CC(C)(NC(=O)c1ccccc1CC[C@]1(O)CCC2=Cc3c(cnn3-c3ccc(F)cc3)C[C@@]21C1CC1)C(=O)O. The highest BCUT2D eigenvalue weighted by Gasteiger charge is 2.63. The molecular formula is C32H34FN3O4. The number of carboxylic acid groups (broad SMARTS) is 1. The summed E-state index contributed by atoms with van der Waals surface area (Å²) >= 11 is 0. The molecule has 2 saturated carbocycles. The third-order valence-corrected chi connectivity index (χ3v) is 9.25. The first kappa shape index (κ1) is 26.4. The van der Waals surface area contributed by atoms with Crippen LogP contribution < -0.4 is 5.32 Å². The Kier molecular flexibility index (Phi) is 6.22. The number of aliphatic hydroxyl groups is 1. The van der Waals surface area contributed by atoms with E-state index in [2.05, 4.69) is 16.5 Å². The van der Waals surface area contributed by atoms with E-state index in [0.717, 1.165) is 41.8 Å². The molecule has 1 heterocycles. The average Bonchev–Trinajstić information content (AvgIpc) is 3.64. The number of hydrogen-bond acceptors (Lipinski definition) is 4. The maximum absolute atomic E-state index is 13.5. The molecule has 0 saturated heterocycles. The number of hydrogen-bond donors (Lipinski definition) is 3. The van der Waals surface area contributed by atoms with Gasteiger partial charge in [0, 0.05) is 11.0 Å². The van der Waals surface area contributed by atoms with Gasteiger partial charge in [-0.3, -0.25) is 4.79 Å². The van der Waals surface area contributed by atoms with Crippen molar-refractivity contribution in [1.29, 1.82) is 0 Å². The zero-order valence-corrected chi connectivity index (χ0v) is 22.8. The fraction of sp³-hybridized carbons (Fsp3) is 0.406. The Morgan fingerprint density at radius 1 is 1.15 bits per heavy atom. The summed E-state index contributed by atoms with van der Waals surface area (Å²) in [6, 6.07) is 13.5. The Labute approximate surface area is 232 Å². The molecule has 0 aliphatic heterocycles. The smallest absolute Gasteiger partial charge is 0.328 e. The normalized spacial score (nSPS) is 23.8. The molecule has 3 aromatic rings. The molecule has 3 aliphatic carbocycles. The standard InChI is InChI=1S/C32H34FN3O4/c1-30(2,29(38)39)35-28(37)26-6-4-3-5-20(26)13-15-31(40)16-14-23-17-27-21(18-32(23,31)22-7-8-22)19-34-36(27)25-11-9-24(33)10-12-25/h3-6,9-12,17,19,22,40H,7-8,13-16,18H2,1-2H3,(H,35,37)(H,38,39)/t31-,32+/m0/s1. The molecule has 208 valence electrons. The summed E-state index contributed by atoms with van der Waals surface area (Å²) in [4.78, 5) is 24.6. The van der Waals surface area contributed by atoms with Gasteiger partial charge in [0.25, 0.3) is 5.91 Å². The molecule has 7 nitrogen and oxygen atoms in total. The van der Waals surface area contributed by atoms with Gasteiger partial charge in [0.1, 0.15) is 11.4 Å². The van der Waals surface area contributed by atoms with Crippen molar-refractivity contribution >= 4 is 18.0 Å². The Hall–Kier alpha value is -3.78. The van der Waals surface area contributed by atoms with Crippen LogP contribution in [0.3, 0.4) is 0 Å². The van der Waals surface area contributed by atoms with E-state index in [1.54, 1.807) is 24.3 Å². The van der Waals surface area contributed by atoms with Crippen molar-refractivity contribution in [3.63, 3.8) is 0 Å². The van der Waals surface area contributed by atoms with Crippen molar-refractivity contribution in [2.45, 2.75) is 69.9 Å². The fourth-order valence-corrected chi connectivity index (χ4v) is 6.92. The number of carboxylic acids is 1. The topological polar surface area (TPSA) is 104 Å². The average molecular weight is 544 g/mol. The van der Waals surface area contributed by atoms with Crippen LogP contribution in [0.4, 0.5) is 4.39 Å².